The van der Waals surface area contributed by atoms with Crippen molar-refractivity contribution in [3.05, 3.63) is 46.6 Å². The van der Waals surface area contributed by atoms with Gasteiger partial charge in [0, 0.05) is 36.5 Å². The van der Waals surface area contributed by atoms with E-state index in [2.05, 4.69) is 30.6 Å². The van der Waals surface area contributed by atoms with Gasteiger partial charge in [-0.15, -0.1) is 0 Å². The Hall–Kier alpha value is -2.81. The zero-order chi connectivity index (χ0) is 22.0. The second kappa shape index (κ2) is 9.13. The molecule has 1 aromatic carbocycles. The van der Waals surface area contributed by atoms with Crippen LogP contribution >= 0.6 is 15.9 Å². The normalized spacial score (nSPS) is 18.2. The molecule has 0 saturated heterocycles. The summed E-state index contributed by atoms with van der Waals surface area (Å²) < 4.78 is 18.5. The molecule has 0 radical (unpaired) electrons. The van der Waals surface area contributed by atoms with Gasteiger partial charge < -0.3 is 19.5 Å². The predicted octanol–water partition coefficient (Wildman–Crippen LogP) is 4.18. The number of fused-ring (bicyclic) bond motifs is 1. The number of esters is 1. The molecular formula is C22H25BrN4O4. The van der Waals surface area contributed by atoms with Crippen LogP contribution in [0.2, 0.25) is 0 Å². The Bertz CT molecular complexity index is 1100. The molecule has 31 heavy (non-hydrogen) atoms. The highest BCUT2D eigenvalue weighted by molar-refractivity contribution is 9.10. The molecule has 1 aliphatic rings. The van der Waals surface area contributed by atoms with E-state index in [0.29, 0.717) is 12.4 Å². The van der Waals surface area contributed by atoms with Gasteiger partial charge in [-0.25, -0.2) is 9.97 Å². The summed E-state index contributed by atoms with van der Waals surface area (Å²) in [4.78, 5) is 21.2. The fourth-order valence-corrected chi connectivity index (χ4v) is 4.77. The third-order valence-corrected chi connectivity index (χ3v) is 6.37. The molecule has 0 unspecified atom stereocenters. The summed E-state index contributed by atoms with van der Waals surface area (Å²) in [6.07, 6.45) is 6.13. The minimum Gasteiger partial charge on any atom is -0.497 e. The van der Waals surface area contributed by atoms with E-state index in [1.165, 1.54) is 7.11 Å². The maximum Gasteiger partial charge on any atom is 0.308 e. The Morgan fingerprint density at radius 2 is 2.10 bits per heavy atom. The van der Waals surface area contributed by atoms with Gasteiger partial charge in [-0.05, 0) is 47.3 Å². The van der Waals surface area contributed by atoms with Crippen LogP contribution in [0.3, 0.4) is 0 Å². The first kappa shape index (κ1) is 21.4. The van der Waals surface area contributed by atoms with Crippen LogP contribution in [0.15, 0.2) is 35.2 Å². The minimum atomic E-state index is -0.139. The number of nitrogens with zero attached hydrogens (tertiary/aromatic N) is 3. The topological polar surface area (TPSA) is 87.0 Å². The second-order valence-corrected chi connectivity index (χ2v) is 8.27. The van der Waals surface area contributed by atoms with Gasteiger partial charge in [0.1, 0.15) is 27.4 Å². The van der Waals surface area contributed by atoms with Crippen LogP contribution in [-0.4, -0.2) is 41.7 Å². The number of imidazole rings is 1. The van der Waals surface area contributed by atoms with Crippen LogP contribution in [0.5, 0.6) is 11.5 Å². The monoisotopic (exact) mass is 488 g/mol. The Morgan fingerprint density at radius 1 is 1.26 bits per heavy atom. The average Bonchev–Trinajstić information content (AvgIpc) is 3.42. The largest absolute Gasteiger partial charge is 0.497 e. The van der Waals surface area contributed by atoms with E-state index in [1.54, 1.807) is 20.4 Å². The molecule has 9 heteroatoms. The fourth-order valence-electron chi connectivity index (χ4n) is 4.21. The number of hydrogen-bond acceptors (Lipinski definition) is 7. The molecule has 1 N–H and O–H groups in total. The maximum absolute atomic E-state index is 11.9. The highest BCUT2D eigenvalue weighted by atomic mass is 79.9. The number of benzene rings is 1. The fraction of sp³-hybridized carbons (Fsp3) is 0.409. The van der Waals surface area contributed by atoms with Crippen molar-refractivity contribution in [2.45, 2.75) is 31.7 Å². The quantitative estimate of drug-likeness (QED) is 0.499. The molecule has 0 aliphatic heterocycles. The van der Waals surface area contributed by atoms with Crippen LogP contribution < -0.4 is 14.8 Å². The molecule has 1 saturated carbocycles. The number of ether oxygens (including phenoxy) is 3. The van der Waals surface area contributed by atoms with E-state index in [1.807, 2.05) is 24.4 Å². The summed E-state index contributed by atoms with van der Waals surface area (Å²) in [5.41, 5.74) is 1.85. The number of rotatable bonds is 7. The molecule has 1 aliphatic carbocycles. The van der Waals surface area contributed by atoms with Gasteiger partial charge in [-0.2, -0.15) is 0 Å². The van der Waals surface area contributed by atoms with Crippen molar-refractivity contribution in [1.82, 2.24) is 14.4 Å². The standard InChI is InChI=1S/C22H25BrN4O4/c1-29-16-7-6-15(17(11-16)30-2)12-25-20-18-19(23)26-21(27(18)9-8-24-20)13-4-5-14(10-13)22(28)31-3/h6-9,11,13-14H,4-5,10,12H2,1-3H3,(H,24,25)/t13-,14-/m1/s1. The van der Waals surface area contributed by atoms with Crippen LogP contribution in [0.25, 0.3) is 5.52 Å². The van der Waals surface area contributed by atoms with Crippen molar-refractivity contribution in [1.29, 1.82) is 0 Å². The number of halogens is 1. The third kappa shape index (κ3) is 4.19. The first-order chi connectivity index (χ1) is 15.0. The van der Waals surface area contributed by atoms with Gasteiger partial charge in [-0.3, -0.25) is 9.20 Å². The molecule has 3 aromatic rings. The van der Waals surface area contributed by atoms with Crippen molar-refractivity contribution in [2.75, 3.05) is 26.6 Å². The lowest BCUT2D eigenvalue weighted by Gasteiger charge is -2.13. The molecule has 1 fully saturated rings. The zero-order valence-electron chi connectivity index (χ0n) is 17.7. The van der Waals surface area contributed by atoms with E-state index in [-0.39, 0.29) is 17.8 Å². The van der Waals surface area contributed by atoms with Crippen molar-refractivity contribution < 1.29 is 19.0 Å². The van der Waals surface area contributed by atoms with Crippen molar-refractivity contribution >= 4 is 33.2 Å². The number of hydrogen-bond donors (Lipinski definition) is 1. The van der Waals surface area contributed by atoms with Crippen LogP contribution in [0.1, 0.15) is 36.6 Å². The molecular weight excluding hydrogens is 464 g/mol. The number of carbonyl (C=O) groups is 1. The summed E-state index contributed by atoms with van der Waals surface area (Å²) in [5.74, 6) is 3.12. The van der Waals surface area contributed by atoms with Crippen molar-refractivity contribution in [3.63, 3.8) is 0 Å². The molecule has 164 valence electrons. The number of aromatic nitrogens is 3. The second-order valence-electron chi connectivity index (χ2n) is 7.52. The highest BCUT2D eigenvalue weighted by Crippen LogP contribution is 2.40. The molecule has 8 nitrogen and oxygen atoms in total. The van der Waals surface area contributed by atoms with Gasteiger partial charge in [0.05, 0.1) is 27.2 Å². The Morgan fingerprint density at radius 3 is 2.84 bits per heavy atom. The van der Waals surface area contributed by atoms with E-state index in [0.717, 1.165) is 52.3 Å². The molecule has 2 aromatic heterocycles. The number of carbonyl (C=O) groups excluding carboxylic acids is 1. The van der Waals surface area contributed by atoms with E-state index < -0.39 is 0 Å². The molecule has 2 heterocycles. The summed E-state index contributed by atoms with van der Waals surface area (Å²) in [6.45, 7) is 0.528. The van der Waals surface area contributed by atoms with Crippen LogP contribution in [0.4, 0.5) is 5.82 Å². The number of anilines is 1. The van der Waals surface area contributed by atoms with Gasteiger partial charge in [-0.1, -0.05) is 0 Å². The lowest BCUT2D eigenvalue weighted by atomic mass is 10.0. The Kier molecular flexibility index (Phi) is 6.31. The number of methoxy groups -OCH3 is 3. The zero-order valence-corrected chi connectivity index (χ0v) is 19.3. The van der Waals surface area contributed by atoms with Crippen LogP contribution in [-0.2, 0) is 16.1 Å². The smallest absolute Gasteiger partial charge is 0.308 e. The average molecular weight is 489 g/mol. The lowest BCUT2D eigenvalue weighted by Crippen LogP contribution is -2.13. The van der Waals surface area contributed by atoms with E-state index in [9.17, 15) is 4.79 Å². The van der Waals surface area contributed by atoms with E-state index >= 15 is 0 Å². The molecule has 4 rings (SSSR count). The van der Waals surface area contributed by atoms with E-state index in [4.69, 9.17) is 19.2 Å². The van der Waals surface area contributed by atoms with Gasteiger partial charge >= 0.3 is 5.97 Å². The minimum absolute atomic E-state index is 0.0666. The highest BCUT2D eigenvalue weighted by Gasteiger charge is 2.34. The first-order valence-electron chi connectivity index (χ1n) is 10.1. The maximum atomic E-state index is 11.9. The van der Waals surface area contributed by atoms with Gasteiger partial charge in [0.15, 0.2) is 5.82 Å². The van der Waals surface area contributed by atoms with Gasteiger partial charge in [0.25, 0.3) is 0 Å². The lowest BCUT2D eigenvalue weighted by molar-refractivity contribution is -0.145. The number of nitrogens with one attached hydrogen (secondary N) is 1. The SMILES string of the molecule is COC(=O)[C@@H]1CC[C@@H](c2nc(Br)c3c(NCc4ccc(OC)cc4OC)nccn23)C1. The molecule has 0 amide bonds. The summed E-state index contributed by atoms with van der Waals surface area (Å²) in [5, 5.41) is 3.40. The van der Waals surface area contributed by atoms with Crippen molar-refractivity contribution in [2.24, 2.45) is 5.92 Å². The summed E-state index contributed by atoms with van der Waals surface area (Å²) in [6, 6.07) is 5.72. The Labute approximate surface area is 189 Å². The summed E-state index contributed by atoms with van der Waals surface area (Å²) >= 11 is 3.60. The van der Waals surface area contributed by atoms with Gasteiger partial charge in [0.2, 0.25) is 0 Å². The Balaban J connectivity index is 1.59. The third-order valence-electron chi connectivity index (χ3n) is 5.81. The molecule has 2 atom stereocenters. The molecule has 0 spiro atoms. The molecule has 0 bridgehead atoms. The first-order valence-corrected chi connectivity index (χ1v) is 10.9. The summed E-state index contributed by atoms with van der Waals surface area (Å²) in [7, 11) is 4.71. The predicted molar refractivity (Wildman–Crippen MR) is 120 cm³/mol. The van der Waals surface area contributed by atoms with Crippen LogP contribution in [0, 0.1) is 5.92 Å². The van der Waals surface area contributed by atoms with Crippen molar-refractivity contribution in [3.8, 4) is 11.5 Å².